The number of hydrogen-bond donors (Lipinski definition) is 3. The fourth-order valence-electron chi connectivity index (χ4n) is 0.291. The second-order valence-electron chi connectivity index (χ2n) is 2.16. The van der Waals surface area contributed by atoms with Gasteiger partial charge in [0.15, 0.2) is 0 Å². The molecule has 0 aliphatic rings. The summed E-state index contributed by atoms with van der Waals surface area (Å²) in [5.41, 5.74) is 4.39. The molecule has 0 unspecified atom stereocenters. The molecule has 0 aromatic rings. The van der Waals surface area contributed by atoms with Crippen molar-refractivity contribution in [3.63, 3.8) is 0 Å². The van der Waals surface area contributed by atoms with Gasteiger partial charge in [0.2, 0.25) is 5.91 Å². The summed E-state index contributed by atoms with van der Waals surface area (Å²) in [6.45, 7) is 3.31. The first-order valence-electron chi connectivity index (χ1n) is 3.08. The zero-order chi connectivity index (χ0) is 8.85. The van der Waals surface area contributed by atoms with Gasteiger partial charge in [-0.25, -0.2) is 0 Å². The average Bonchev–Trinajstić information content (AvgIpc) is 1.99. The molecule has 4 nitrogen and oxygen atoms in total. The molecule has 2 amide bonds. The van der Waals surface area contributed by atoms with E-state index in [-0.39, 0.29) is 50.3 Å². The van der Waals surface area contributed by atoms with Crippen LogP contribution in [0.3, 0.4) is 0 Å². The van der Waals surface area contributed by atoms with Crippen LogP contribution < -0.4 is 10.9 Å². The summed E-state index contributed by atoms with van der Waals surface area (Å²) in [7, 11) is 0. The number of carbonyl (C=O) groups is 2. The van der Waals surface area contributed by atoms with Crippen molar-refractivity contribution in [1.29, 1.82) is 0 Å². The minimum atomic E-state index is -0.331. The minimum Gasteiger partial charge on any atom is -0.309 e. The normalized spacial score (nSPS) is 7.92. The van der Waals surface area contributed by atoms with Gasteiger partial charge in [-0.3, -0.25) is 21.6 Å². The molecule has 0 aliphatic carbocycles. The summed E-state index contributed by atoms with van der Waals surface area (Å²) in [5.74, 6) is 0.0239. The molecule has 0 bridgehead atoms. The number of rotatable bonds is 2. The Morgan fingerprint density at radius 2 is 1.83 bits per heavy atom. The van der Waals surface area contributed by atoms with Crippen LogP contribution in [0.5, 0.6) is 0 Å². The summed E-state index contributed by atoms with van der Waals surface area (Å²) in [5, 5.41) is 0. The monoisotopic (exact) mass is 264 g/mol. The van der Waals surface area contributed by atoms with Crippen molar-refractivity contribution >= 4 is 24.4 Å². The van der Waals surface area contributed by atoms with E-state index in [1.54, 1.807) is 13.8 Å². The van der Waals surface area contributed by atoms with Crippen LogP contribution in [0.15, 0.2) is 0 Å². The zero-order valence-electron chi connectivity index (χ0n) is 7.05. The number of carbonyl (C=O) groups excluding carboxylic acids is 2. The van der Waals surface area contributed by atoms with Gasteiger partial charge in [-0.1, -0.05) is 0 Å². The van der Waals surface area contributed by atoms with E-state index in [4.69, 9.17) is 0 Å². The van der Waals surface area contributed by atoms with Gasteiger partial charge in [-0.05, 0) is 0 Å². The second kappa shape index (κ2) is 7.89. The Labute approximate surface area is 102 Å². The minimum absolute atomic E-state index is 0. The Balaban J connectivity index is 0. The third-order valence-corrected chi connectivity index (χ3v) is 1.20. The number of thiol groups is 1. The molecule has 0 saturated carbocycles. The van der Waals surface area contributed by atoms with Crippen LogP contribution in [-0.2, 0) is 42.3 Å². The summed E-state index contributed by atoms with van der Waals surface area (Å²) >= 11 is 3.70. The topological polar surface area (TPSA) is 58.2 Å². The maximum Gasteiger partial charge on any atom is 0.248 e. The summed E-state index contributed by atoms with van der Waals surface area (Å²) in [6, 6.07) is 0. The molecule has 0 rings (SSSR count). The largest absolute Gasteiger partial charge is 0.309 e. The van der Waals surface area contributed by atoms with E-state index in [0.29, 0.717) is 5.92 Å². The predicted molar refractivity (Wildman–Crippen MR) is 44.7 cm³/mol. The van der Waals surface area contributed by atoms with E-state index >= 15 is 0 Å². The molecule has 0 saturated heterocycles. The van der Waals surface area contributed by atoms with Gasteiger partial charge in [0, 0.05) is 32.7 Å². The first-order valence-corrected chi connectivity index (χ1v) is 3.71. The number of hydrazine groups is 1. The number of nitrogens with one attached hydrogen (secondary N) is 2. The molecule has 12 heavy (non-hydrogen) atoms. The third-order valence-electron chi connectivity index (χ3n) is 0.913. The molecular weight excluding hydrogens is 253 g/mol. The molecule has 0 atom stereocenters. The van der Waals surface area contributed by atoms with E-state index in [9.17, 15) is 9.59 Å². The van der Waals surface area contributed by atoms with Crippen molar-refractivity contribution in [3.8, 4) is 0 Å². The molecule has 2 N–H and O–H groups in total. The van der Waals surface area contributed by atoms with Gasteiger partial charge < -0.3 is 4.79 Å². The maximum atomic E-state index is 10.8. The fraction of sp³-hybridized carbons (Fsp3) is 0.500. The van der Waals surface area contributed by atoms with E-state index in [1.165, 1.54) is 0 Å². The van der Waals surface area contributed by atoms with Gasteiger partial charge in [0.05, 0.1) is 5.75 Å². The molecule has 1 radical (unpaired) electrons. The second-order valence-corrected chi connectivity index (χ2v) is 2.48. The average molecular weight is 264 g/mol. The van der Waals surface area contributed by atoms with Gasteiger partial charge in [0.1, 0.15) is 5.91 Å². The van der Waals surface area contributed by atoms with Crippen LogP contribution in [0.2, 0.25) is 0 Å². The third kappa shape index (κ3) is 6.94. The quantitative estimate of drug-likeness (QED) is 0.363. The van der Waals surface area contributed by atoms with E-state index in [2.05, 4.69) is 23.5 Å². The van der Waals surface area contributed by atoms with Crippen LogP contribution in [0, 0.1) is 5.92 Å². The van der Waals surface area contributed by atoms with Gasteiger partial charge in [-0.2, -0.15) is 26.5 Å². The van der Waals surface area contributed by atoms with Crippen molar-refractivity contribution < 1.29 is 42.3 Å². The van der Waals surface area contributed by atoms with Gasteiger partial charge in [0.25, 0.3) is 0 Å². The molecule has 0 aliphatic heterocycles. The van der Waals surface area contributed by atoms with Crippen LogP contribution in [0.1, 0.15) is 13.8 Å². The smallest absolute Gasteiger partial charge is 0.248 e. The molecule has 0 spiro atoms. The van der Waals surface area contributed by atoms with Crippen molar-refractivity contribution in [2.45, 2.75) is 13.8 Å². The van der Waals surface area contributed by atoms with Gasteiger partial charge in [-0.15, -0.1) is 0 Å². The van der Waals surface area contributed by atoms with Gasteiger partial charge >= 0.3 is 0 Å². The molecule has 67 valence electrons. The van der Waals surface area contributed by atoms with Crippen LogP contribution in [-0.4, -0.2) is 17.6 Å². The van der Waals surface area contributed by atoms with Crippen molar-refractivity contribution in [1.82, 2.24) is 10.9 Å². The van der Waals surface area contributed by atoms with Crippen LogP contribution >= 0.6 is 12.6 Å². The standard InChI is InChI=1S/C6H11N2O2S.Y/c1-4(2)6(10)8-7-5(9)3-11;/h11H,3H2,1-2H3,(H,7,9)(H,8,10);/q-1;. The van der Waals surface area contributed by atoms with Crippen LogP contribution in [0.25, 0.3) is 0 Å². The number of hydrogen-bond acceptors (Lipinski definition) is 3. The molecule has 0 aromatic heterocycles. The molecule has 0 heterocycles. The summed E-state index contributed by atoms with van der Waals surface area (Å²) in [4.78, 5) is 21.3. The first-order chi connectivity index (χ1) is 5.07. The maximum absolute atomic E-state index is 10.8. The molecule has 6 heteroatoms. The Morgan fingerprint density at radius 1 is 1.33 bits per heavy atom. The molecule has 0 aromatic carbocycles. The van der Waals surface area contributed by atoms with E-state index in [0.717, 1.165) is 0 Å². The zero-order valence-corrected chi connectivity index (χ0v) is 10.8. The van der Waals surface area contributed by atoms with Crippen molar-refractivity contribution in [2.24, 2.45) is 0 Å². The van der Waals surface area contributed by atoms with E-state index < -0.39 is 0 Å². The molecule has 0 fully saturated rings. The molecular formula is C6H11N2O2SY-. The van der Waals surface area contributed by atoms with Crippen molar-refractivity contribution in [2.75, 3.05) is 5.75 Å². The Hall–Kier alpha value is 0.264. The first kappa shape index (κ1) is 14.8. The van der Waals surface area contributed by atoms with E-state index in [1.807, 2.05) is 0 Å². The Bertz CT molecular complexity index is 164. The Kier molecular flexibility index (Phi) is 9.71. The summed E-state index contributed by atoms with van der Waals surface area (Å²) < 4.78 is 0. The fourth-order valence-corrected chi connectivity index (χ4v) is 0.370. The number of amides is 2. The van der Waals surface area contributed by atoms with Crippen LogP contribution in [0.4, 0.5) is 0 Å². The SMILES string of the molecule is C[C-](C)C(=O)NNC(=O)CS.[Y]. The summed E-state index contributed by atoms with van der Waals surface area (Å²) in [6.07, 6.45) is 0. The van der Waals surface area contributed by atoms with Crippen molar-refractivity contribution in [3.05, 3.63) is 5.92 Å². The predicted octanol–water partition coefficient (Wildman–Crippen LogP) is -0.325. The Morgan fingerprint density at radius 3 is 2.17 bits per heavy atom.